The molecule has 4 heteroatoms. The van der Waals surface area contributed by atoms with E-state index in [1.54, 1.807) is 7.11 Å². The van der Waals surface area contributed by atoms with E-state index in [1.807, 2.05) is 7.05 Å². The van der Waals surface area contributed by atoms with Gasteiger partial charge in [0.2, 0.25) is 0 Å². The maximum absolute atomic E-state index is 5.65. The molecule has 1 N–H and O–H groups in total. The summed E-state index contributed by atoms with van der Waals surface area (Å²) < 4.78 is 10.7. The normalized spacial score (nSPS) is 21.3. The fraction of sp³-hybridized carbons (Fsp3) is 1.00. The summed E-state index contributed by atoms with van der Waals surface area (Å²) >= 11 is 0. The largest absolute Gasteiger partial charge is 0.385 e. The zero-order valence-electron chi connectivity index (χ0n) is 12.1. The SMILES string of the molecule is CNCCC1CCCCN1CCOCCCOC. The molecule has 0 spiro atoms. The van der Waals surface area contributed by atoms with Crippen LogP contribution in [0.15, 0.2) is 0 Å². The van der Waals surface area contributed by atoms with Crippen LogP contribution in [-0.2, 0) is 9.47 Å². The van der Waals surface area contributed by atoms with Crippen molar-refractivity contribution in [3.8, 4) is 0 Å². The van der Waals surface area contributed by atoms with Crippen LogP contribution in [0, 0.1) is 0 Å². The Morgan fingerprint density at radius 3 is 2.89 bits per heavy atom. The van der Waals surface area contributed by atoms with Crippen LogP contribution in [0.4, 0.5) is 0 Å². The number of rotatable bonds is 10. The van der Waals surface area contributed by atoms with Crippen LogP contribution in [0.2, 0.25) is 0 Å². The molecule has 1 fully saturated rings. The summed E-state index contributed by atoms with van der Waals surface area (Å²) in [5.41, 5.74) is 0. The zero-order valence-corrected chi connectivity index (χ0v) is 12.1. The smallest absolute Gasteiger partial charge is 0.0593 e. The van der Waals surface area contributed by atoms with Gasteiger partial charge in [0, 0.05) is 32.9 Å². The molecule has 108 valence electrons. The van der Waals surface area contributed by atoms with E-state index >= 15 is 0 Å². The third kappa shape index (κ3) is 6.69. The maximum atomic E-state index is 5.65. The summed E-state index contributed by atoms with van der Waals surface area (Å²) in [6.45, 7) is 5.93. The topological polar surface area (TPSA) is 33.7 Å². The van der Waals surface area contributed by atoms with Crippen molar-refractivity contribution in [2.75, 3.05) is 53.6 Å². The number of hydrogen-bond donors (Lipinski definition) is 1. The summed E-state index contributed by atoms with van der Waals surface area (Å²) in [5, 5.41) is 3.25. The van der Waals surface area contributed by atoms with Crippen LogP contribution in [0.1, 0.15) is 32.1 Å². The van der Waals surface area contributed by atoms with Crippen LogP contribution in [-0.4, -0.2) is 64.6 Å². The third-order valence-electron chi connectivity index (χ3n) is 3.64. The van der Waals surface area contributed by atoms with Gasteiger partial charge in [-0.3, -0.25) is 4.90 Å². The number of nitrogens with zero attached hydrogens (tertiary/aromatic N) is 1. The summed E-state index contributed by atoms with van der Waals surface area (Å²) in [5.74, 6) is 0. The first kappa shape index (κ1) is 15.9. The number of piperidine rings is 1. The fourth-order valence-corrected chi connectivity index (χ4v) is 2.58. The number of ether oxygens (including phenoxy) is 2. The van der Waals surface area contributed by atoms with Gasteiger partial charge in [0.05, 0.1) is 6.61 Å². The highest BCUT2D eigenvalue weighted by molar-refractivity contribution is 4.77. The molecule has 1 rings (SSSR count). The predicted octanol–water partition coefficient (Wildman–Crippen LogP) is 1.50. The van der Waals surface area contributed by atoms with Gasteiger partial charge in [0.1, 0.15) is 0 Å². The molecule has 1 aliphatic rings. The van der Waals surface area contributed by atoms with Gasteiger partial charge in [0.15, 0.2) is 0 Å². The summed E-state index contributed by atoms with van der Waals surface area (Å²) in [7, 11) is 3.77. The van der Waals surface area contributed by atoms with Crippen molar-refractivity contribution in [2.45, 2.75) is 38.1 Å². The van der Waals surface area contributed by atoms with Gasteiger partial charge in [-0.1, -0.05) is 6.42 Å². The summed E-state index contributed by atoms with van der Waals surface area (Å²) in [4.78, 5) is 2.61. The molecule has 1 unspecified atom stereocenters. The molecule has 0 aromatic rings. The van der Waals surface area contributed by atoms with E-state index < -0.39 is 0 Å². The average Bonchev–Trinajstić information content (AvgIpc) is 2.41. The number of methoxy groups -OCH3 is 1. The Balaban J connectivity index is 2.09. The molecule has 1 heterocycles. The maximum Gasteiger partial charge on any atom is 0.0593 e. The molecular formula is C14H30N2O2. The van der Waals surface area contributed by atoms with Gasteiger partial charge >= 0.3 is 0 Å². The van der Waals surface area contributed by atoms with Crippen LogP contribution < -0.4 is 5.32 Å². The average molecular weight is 258 g/mol. The molecule has 0 radical (unpaired) electrons. The Bertz CT molecular complexity index is 191. The Hall–Kier alpha value is -0.160. The highest BCUT2D eigenvalue weighted by atomic mass is 16.5. The lowest BCUT2D eigenvalue weighted by molar-refractivity contribution is 0.0593. The number of nitrogens with one attached hydrogen (secondary N) is 1. The molecule has 0 aromatic heterocycles. The van der Waals surface area contributed by atoms with Crippen molar-refractivity contribution >= 4 is 0 Å². The Labute approximate surface area is 112 Å². The van der Waals surface area contributed by atoms with Gasteiger partial charge in [-0.2, -0.15) is 0 Å². The predicted molar refractivity (Wildman–Crippen MR) is 75.1 cm³/mol. The van der Waals surface area contributed by atoms with Gasteiger partial charge in [-0.15, -0.1) is 0 Å². The lowest BCUT2D eigenvalue weighted by Crippen LogP contribution is -2.42. The summed E-state index contributed by atoms with van der Waals surface area (Å²) in [6, 6.07) is 0.758. The second kappa shape index (κ2) is 10.7. The first-order valence-electron chi connectivity index (χ1n) is 7.33. The number of hydrogen-bond acceptors (Lipinski definition) is 4. The molecule has 0 aliphatic carbocycles. The standard InChI is InChI=1S/C14H30N2O2/c1-15-8-7-14-6-3-4-9-16(14)10-13-18-12-5-11-17-2/h14-15H,3-13H2,1-2H3. The molecule has 1 saturated heterocycles. The fourth-order valence-electron chi connectivity index (χ4n) is 2.58. The molecule has 1 atom stereocenters. The van der Waals surface area contributed by atoms with Crippen molar-refractivity contribution in [1.29, 1.82) is 0 Å². The molecule has 4 nitrogen and oxygen atoms in total. The second-order valence-corrected chi connectivity index (χ2v) is 5.04. The third-order valence-corrected chi connectivity index (χ3v) is 3.64. The zero-order chi connectivity index (χ0) is 13.1. The highest BCUT2D eigenvalue weighted by Crippen LogP contribution is 2.18. The molecule has 0 aromatic carbocycles. The van der Waals surface area contributed by atoms with E-state index in [0.29, 0.717) is 0 Å². The highest BCUT2D eigenvalue weighted by Gasteiger charge is 2.21. The van der Waals surface area contributed by atoms with Crippen molar-refractivity contribution in [3.05, 3.63) is 0 Å². The van der Waals surface area contributed by atoms with Gasteiger partial charge < -0.3 is 14.8 Å². The van der Waals surface area contributed by atoms with E-state index in [9.17, 15) is 0 Å². The minimum atomic E-state index is 0.758. The van der Waals surface area contributed by atoms with Crippen LogP contribution in [0.25, 0.3) is 0 Å². The lowest BCUT2D eigenvalue weighted by atomic mass is 9.99. The monoisotopic (exact) mass is 258 g/mol. The first-order chi connectivity index (χ1) is 8.88. The van der Waals surface area contributed by atoms with Crippen molar-refractivity contribution < 1.29 is 9.47 Å². The molecule has 0 saturated carbocycles. The van der Waals surface area contributed by atoms with Crippen LogP contribution >= 0.6 is 0 Å². The first-order valence-corrected chi connectivity index (χ1v) is 7.33. The Morgan fingerprint density at radius 2 is 2.11 bits per heavy atom. The van der Waals surface area contributed by atoms with E-state index in [2.05, 4.69) is 10.2 Å². The van der Waals surface area contributed by atoms with Gasteiger partial charge in [-0.25, -0.2) is 0 Å². The van der Waals surface area contributed by atoms with Gasteiger partial charge in [0.25, 0.3) is 0 Å². The lowest BCUT2D eigenvalue weighted by Gasteiger charge is -2.35. The van der Waals surface area contributed by atoms with Crippen LogP contribution in [0.5, 0.6) is 0 Å². The molecule has 18 heavy (non-hydrogen) atoms. The molecule has 1 aliphatic heterocycles. The Morgan fingerprint density at radius 1 is 1.22 bits per heavy atom. The van der Waals surface area contributed by atoms with E-state index in [-0.39, 0.29) is 0 Å². The van der Waals surface area contributed by atoms with E-state index in [0.717, 1.165) is 45.4 Å². The van der Waals surface area contributed by atoms with E-state index in [1.165, 1.54) is 32.2 Å². The molecule has 0 bridgehead atoms. The van der Waals surface area contributed by atoms with Crippen molar-refractivity contribution in [2.24, 2.45) is 0 Å². The minimum absolute atomic E-state index is 0.758. The molecular weight excluding hydrogens is 228 g/mol. The Kier molecular flexibility index (Phi) is 9.48. The second-order valence-electron chi connectivity index (χ2n) is 5.04. The van der Waals surface area contributed by atoms with Crippen molar-refractivity contribution in [3.63, 3.8) is 0 Å². The summed E-state index contributed by atoms with van der Waals surface area (Å²) in [6.07, 6.45) is 6.35. The molecule has 0 amide bonds. The van der Waals surface area contributed by atoms with Crippen molar-refractivity contribution in [1.82, 2.24) is 10.2 Å². The van der Waals surface area contributed by atoms with E-state index in [4.69, 9.17) is 9.47 Å². The minimum Gasteiger partial charge on any atom is -0.385 e. The quantitative estimate of drug-likeness (QED) is 0.602. The van der Waals surface area contributed by atoms with Crippen LogP contribution in [0.3, 0.4) is 0 Å². The van der Waals surface area contributed by atoms with Gasteiger partial charge in [-0.05, 0) is 45.8 Å². The number of likely N-dealkylation sites (tertiary alicyclic amines) is 1.